The van der Waals surface area contributed by atoms with E-state index in [0.717, 1.165) is 11.3 Å². The van der Waals surface area contributed by atoms with Gasteiger partial charge in [0, 0.05) is 6.08 Å². The lowest BCUT2D eigenvalue weighted by molar-refractivity contribution is -0.116. The molecule has 1 amide bonds. The minimum Gasteiger partial charge on any atom is -0.497 e. The molecule has 0 radical (unpaired) electrons. The highest BCUT2D eigenvalue weighted by Gasteiger charge is 2.07. The second-order valence-electron chi connectivity index (χ2n) is 4.92. The molecule has 0 unspecified atom stereocenters. The number of nitrogens with one attached hydrogen (secondary N) is 1. The lowest BCUT2D eigenvalue weighted by atomic mass is 10.2. The Balaban J connectivity index is 1.99. The number of carbonyl (C=O) groups excluding carboxylic acids is 1. The summed E-state index contributed by atoms with van der Waals surface area (Å²) in [6.45, 7) is 0. The van der Waals surface area contributed by atoms with Crippen molar-refractivity contribution in [2.75, 3.05) is 21.3 Å². The van der Waals surface area contributed by atoms with Gasteiger partial charge in [-0.2, -0.15) is 5.10 Å². The van der Waals surface area contributed by atoms with Gasteiger partial charge in [0.15, 0.2) is 0 Å². The van der Waals surface area contributed by atoms with Crippen LogP contribution in [0, 0.1) is 0 Å². The Hall–Kier alpha value is -3.28. The van der Waals surface area contributed by atoms with Crippen LogP contribution in [0.2, 0.25) is 0 Å². The largest absolute Gasteiger partial charge is 0.497 e. The van der Waals surface area contributed by atoms with Crippen LogP contribution < -0.4 is 19.6 Å². The molecule has 0 aliphatic carbocycles. The van der Waals surface area contributed by atoms with Gasteiger partial charge in [-0.15, -0.1) is 0 Å². The van der Waals surface area contributed by atoms with Crippen LogP contribution in [0.15, 0.2) is 53.6 Å². The van der Waals surface area contributed by atoms with Gasteiger partial charge < -0.3 is 14.2 Å². The Labute approximate surface area is 146 Å². The molecule has 0 heterocycles. The average Bonchev–Trinajstić information content (AvgIpc) is 2.66. The molecule has 0 aliphatic heterocycles. The number of hydrazone groups is 1. The minimum absolute atomic E-state index is 0.346. The molecular weight excluding hydrogens is 320 g/mol. The predicted octanol–water partition coefficient (Wildman–Crippen LogP) is 2.88. The number of carbonyl (C=O) groups is 1. The van der Waals surface area contributed by atoms with Crippen LogP contribution in [0.5, 0.6) is 17.2 Å². The van der Waals surface area contributed by atoms with Crippen molar-refractivity contribution in [1.82, 2.24) is 5.43 Å². The monoisotopic (exact) mass is 340 g/mol. The Morgan fingerprint density at radius 3 is 2.16 bits per heavy atom. The van der Waals surface area contributed by atoms with E-state index in [1.807, 2.05) is 30.3 Å². The molecule has 0 aliphatic rings. The normalized spacial score (nSPS) is 10.8. The third kappa shape index (κ3) is 5.10. The number of amides is 1. The molecule has 0 aromatic heterocycles. The fourth-order valence-corrected chi connectivity index (χ4v) is 2.09. The summed E-state index contributed by atoms with van der Waals surface area (Å²) in [6.07, 6.45) is 4.57. The maximum absolute atomic E-state index is 11.8. The molecule has 0 fully saturated rings. The van der Waals surface area contributed by atoms with Crippen molar-refractivity contribution in [3.05, 3.63) is 59.7 Å². The van der Waals surface area contributed by atoms with Crippen LogP contribution >= 0.6 is 0 Å². The highest BCUT2D eigenvalue weighted by Crippen LogP contribution is 2.26. The number of nitrogens with zero attached hydrogens (tertiary/aromatic N) is 1. The summed E-state index contributed by atoms with van der Waals surface area (Å²) < 4.78 is 15.6. The first-order valence-corrected chi connectivity index (χ1v) is 7.54. The Kier molecular flexibility index (Phi) is 6.59. The van der Waals surface area contributed by atoms with Crippen molar-refractivity contribution in [2.24, 2.45) is 5.10 Å². The van der Waals surface area contributed by atoms with Crippen molar-refractivity contribution in [2.45, 2.75) is 0 Å². The molecule has 0 bridgehead atoms. The molecule has 0 spiro atoms. The molecular formula is C19H20N2O4. The van der Waals surface area contributed by atoms with E-state index in [2.05, 4.69) is 10.5 Å². The summed E-state index contributed by atoms with van der Waals surface area (Å²) >= 11 is 0. The maximum Gasteiger partial charge on any atom is 0.264 e. The zero-order valence-corrected chi connectivity index (χ0v) is 14.4. The van der Waals surface area contributed by atoms with Crippen molar-refractivity contribution in [1.29, 1.82) is 0 Å². The summed E-state index contributed by atoms with van der Waals surface area (Å²) in [4.78, 5) is 11.8. The molecule has 0 saturated heterocycles. The lowest BCUT2D eigenvalue weighted by Crippen LogP contribution is -2.14. The molecule has 2 aromatic rings. The topological polar surface area (TPSA) is 69.2 Å². The molecule has 6 nitrogen and oxygen atoms in total. The summed E-state index contributed by atoms with van der Waals surface area (Å²) in [5.74, 6) is 1.62. The van der Waals surface area contributed by atoms with Gasteiger partial charge in [-0.3, -0.25) is 4.79 Å². The second-order valence-corrected chi connectivity index (χ2v) is 4.92. The lowest BCUT2D eigenvalue weighted by Gasteiger charge is -2.08. The van der Waals surface area contributed by atoms with E-state index in [1.54, 1.807) is 39.5 Å². The summed E-state index contributed by atoms with van der Waals surface area (Å²) in [5.41, 5.74) is 3.96. The number of ether oxygens (including phenoxy) is 3. The molecule has 2 rings (SSSR count). The summed E-state index contributed by atoms with van der Waals surface area (Å²) in [6, 6.07) is 12.7. The van der Waals surface area contributed by atoms with E-state index in [1.165, 1.54) is 12.3 Å². The molecule has 0 atom stereocenters. The zero-order chi connectivity index (χ0) is 18.1. The third-order valence-electron chi connectivity index (χ3n) is 3.38. The standard InChI is InChI=1S/C19H20N2O4/c1-23-15-10-7-14(8-11-15)9-12-19(22)21-20-13-16-17(24-2)5-4-6-18(16)25-3/h4-13H,1-3H3,(H,21,22). The first kappa shape index (κ1) is 18.1. The van der Waals surface area contributed by atoms with Crippen LogP contribution in [0.3, 0.4) is 0 Å². The molecule has 130 valence electrons. The Morgan fingerprint density at radius 2 is 1.60 bits per heavy atom. The van der Waals surface area contributed by atoms with Crippen molar-refractivity contribution in [3.8, 4) is 17.2 Å². The van der Waals surface area contributed by atoms with E-state index in [-0.39, 0.29) is 5.91 Å². The van der Waals surface area contributed by atoms with Gasteiger partial charge in [0.1, 0.15) is 17.2 Å². The third-order valence-corrected chi connectivity index (χ3v) is 3.38. The fraction of sp³-hybridized carbons (Fsp3) is 0.158. The second kappa shape index (κ2) is 9.12. The summed E-state index contributed by atoms with van der Waals surface area (Å²) in [7, 11) is 4.72. The minimum atomic E-state index is -0.346. The van der Waals surface area contributed by atoms with E-state index < -0.39 is 0 Å². The molecule has 2 aromatic carbocycles. The van der Waals surface area contributed by atoms with Gasteiger partial charge >= 0.3 is 0 Å². The summed E-state index contributed by atoms with van der Waals surface area (Å²) in [5, 5.41) is 3.94. The zero-order valence-electron chi connectivity index (χ0n) is 14.4. The van der Waals surface area contributed by atoms with Crippen molar-refractivity contribution < 1.29 is 19.0 Å². The highest BCUT2D eigenvalue weighted by molar-refractivity contribution is 5.93. The number of hydrogen-bond donors (Lipinski definition) is 1. The van der Waals surface area contributed by atoms with E-state index in [0.29, 0.717) is 17.1 Å². The van der Waals surface area contributed by atoms with Gasteiger partial charge in [-0.25, -0.2) is 5.43 Å². The van der Waals surface area contributed by atoms with Crippen LogP contribution in [0.1, 0.15) is 11.1 Å². The quantitative estimate of drug-likeness (QED) is 0.478. The van der Waals surface area contributed by atoms with Gasteiger partial charge in [-0.05, 0) is 35.9 Å². The van der Waals surface area contributed by atoms with E-state index in [4.69, 9.17) is 14.2 Å². The Morgan fingerprint density at radius 1 is 0.960 bits per heavy atom. The average molecular weight is 340 g/mol. The van der Waals surface area contributed by atoms with Crippen LogP contribution in [-0.4, -0.2) is 33.5 Å². The van der Waals surface area contributed by atoms with Gasteiger partial charge in [-0.1, -0.05) is 18.2 Å². The molecule has 6 heteroatoms. The number of rotatable bonds is 7. The van der Waals surface area contributed by atoms with Crippen LogP contribution in [0.25, 0.3) is 6.08 Å². The molecule has 1 N–H and O–H groups in total. The van der Waals surface area contributed by atoms with E-state index in [9.17, 15) is 4.79 Å². The van der Waals surface area contributed by atoms with E-state index >= 15 is 0 Å². The fourth-order valence-electron chi connectivity index (χ4n) is 2.09. The number of hydrogen-bond acceptors (Lipinski definition) is 5. The van der Waals surface area contributed by atoms with Crippen molar-refractivity contribution in [3.63, 3.8) is 0 Å². The first-order valence-electron chi connectivity index (χ1n) is 7.54. The highest BCUT2D eigenvalue weighted by atomic mass is 16.5. The SMILES string of the molecule is COc1ccc(C=CC(=O)NN=Cc2c(OC)cccc2OC)cc1. The van der Waals surface area contributed by atoms with Crippen LogP contribution in [-0.2, 0) is 4.79 Å². The van der Waals surface area contributed by atoms with Crippen molar-refractivity contribution >= 4 is 18.2 Å². The first-order chi connectivity index (χ1) is 12.2. The molecule has 0 saturated carbocycles. The number of benzene rings is 2. The van der Waals surface area contributed by atoms with Gasteiger partial charge in [0.05, 0.1) is 33.1 Å². The Bertz CT molecular complexity index is 745. The van der Waals surface area contributed by atoms with Gasteiger partial charge in [0.2, 0.25) is 0 Å². The molecule has 25 heavy (non-hydrogen) atoms. The van der Waals surface area contributed by atoms with Gasteiger partial charge in [0.25, 0.3) is 5.91 Å². The predicted molar refractivity (Wildman–Crippen MR) is 97.3 cm³/mol. The number of methoxy groups -OCH3 is 3. The van der Waals surface area contributed by atoms with Crippen LogP contribution in [0.4, 0.5) is 0 Å². The smallest absolute Gasteiger partial charge is 0.264 e. The maximum atomic E-state index is 11.8.